The van der Waals surface area contributed by atoms with E-state index in [0.717, 1.165) is 5.56 Å². The molecule has 0 radical (unpaired) electrons. The summed E-state index contributed by atoms with van der Waals surface area (Å²) >= 11 is 5.72. The third-order valence-electron chi connectivity index (χ3n) is 2.28. The number of benzene rings is 1. The number of aliphatic hydroxyl groups is 1. The smallest absolute Gasteiger partial charge is 0.330 e. The van der Waals surface area contributed by atoms with Crippen LogP contribution in [0.4, 0.5) is 0 Å². The number of hydrogen-bond acceptors (Lipinski definition) is 4. The normalized spacial score (nSPS) is 11.7. The van der Waals surface area contributed by atoms with Gasteiger partial charge in [0.2, 0.25) is 5.91 Å². The topological polar surface area (TPSA) is 75.6 Å². The Morgan fingerprint density at radius 3 is 2.50 bits per heavy atom. The molecule has 1 rings (SSSR count). The van der Waals surface area contributed by atoms with E-state index in [1.807, 2.05) is 0 Å². The molecule has 98 valence electrons. The van der Waals surface area contributed by atoms with Crippen LogP contribution in [-0.2, 0) is 20.7 Å². The zero-order valence-corrected chi connectivity index (χ0v) is 10.6. The molecule has 0 spiro atoms. The first-order chi connectivity index (χ1) is 8.56. The van der Waals surface area contributed by atoms with E-state index in [0.29, 0.717) is 5.02 Å². The van der Waals surface area contributed by atoms with E-state index in [-0.39, 0.29) is 12.3 Å². The van der Waals surface area contributed by atoms with E-state index in [1.54, 1.807) is 24.3 Å². The van der Waals surface area contributed by atoms with Crippen LogP contribution in [0.1, 0.15) is 5.56 Å². The van der Waals surface area contributed by atoms with Crippen molar-refractivity contribution in [2.45, 2.75) is 12.5 Å². The standard InChI is InChI=1S/C12H14ClNO4/c1-18-12(17)10(7-15)14-11(16)6-8-2-4-9(13)5-3-8/h2-5,10,15H,6-7H2,1H3,(H,14,16). The highest BCUT2D eigenvalue weighted by atomic mass is 35.5. The molecule has 1 aromatic carbocycles. The molecule has 0 saturated carbocycles. The highest BCUT2D eigenvalue weighted by molar-refractivity contribution is 6.30. The first kappa shape index (κ1) is 14.5. The second-order valence-electron chi connectivity index (χ2n) is 3.63. The summed E-state index contributed by atoms with van der Waals surface area (Å²) in [7, 11) is 1.19. The van der Waals surface area contributed by atoms with Gasteiger partial charge in [-0.2, -0.15) is 0 Å². The minimum atomic E-state index is -1.03. The summed E-state index contributed by atoms with van der Waals surface area (Å²) < 4.78 is 4.44. The van der Waals surface area contributed by atoms with Crippen molar-refractivity contribution >= 4 is 23.5 Å². The Morgan fingerprint density at radius 2 is 2.00 bits per heavy atom. The first-order valence-corrected chi connectivity index (χ1v) is 5.67. The number of carbonyl (C=O) groups is 2. The van der Waals surface area contributed by atoms with Crippen molar-refractivity contribution in [1.82, 2.24) is 5.32 Å². The molecule has 0 heterocycles. The molecule has 0 aromatic heterocycles. The van der Waals surface area contributed by atoms with E-state index in [9.17, 15) is 9.59 Å². The van der Waals surface area contributed by atoms with Crippen LogP contribution in [-0.4, -0.2) is 36.7 Å². The van der Waals surface area contributed by atoms with Gasteiger partial charge in [0, 0.05) is 5.02 Å². The SMILES string of the molecule is COC(=O)C(CO)NC(=O)Cc1ccc(Cl)cc1. The van der Waals surface area contributed by atoms with Gasteiger partial charge in [-0.05, 0) is 17.7 Å². The minimum absolute atomic E-state index is 0.102. The average molecular weight is 272 g/mol. The molecule has 0 saturated heterocycles. The number of rotatable bonds is 5. The number of hydrogen-bond donors (Lipinski definition) is 2. The number of aliphatic hydroxyl groups excluding tert-OH is 1. The van der Waals surface area contributed by atoms with Crippen molar-refractivity contribution in [3.63, 3.8) is 0 Å². The van der Waals surface area contributed by atoms with E-state index < -0.39 is 18.6 Å². The Hall–Kier alpha value is -1.59. The second kappa shape index (κ2) is 6.98. The zero-order chi connectivity index (χ0) is 13.5. The van der Waals surface area contributed by atoms with Crippen molar-refractivity contribution in [3.8, 4) is 0 Å². The van der Waals surface area contributed by atoms with Crippen LogP contribution < -0.4 is 5.32 Å². The van der Waals surface area contributed by atoms with Gasteiger partial charge in [0.05, 0.1) is 20.1 Å². The minimum Gasteiger partial charge on any atom is -0.467 e. The van der Waals surface area contributed by atoms with E-state index >= 15 is 0 Å². The van der Waals surface area contributed by atoms with Crippen LogP contribution in [0, 0.1) is 0 Å². The Bertz CT molecular complexity index is 419. The van der Waals surface area contributed by atoms with E-state index in [2.05, 4.69) is 10.1 Å². The van der Waals surface area contributed by atoms with E-state index in [1.165, 1.54) is 7.11 Å². The zero-order valence-electron chi connectivity index (χ0n) is 9.85. The number of amides is 1. The molecule has 1 atom stereocenters. The molecule has 1 unspecified atom stereocenters. The van der Waals surface area contributed by atoms with Crippen LogP contribution >= 0.6 is 11.6 Å². The third kappa shape index (κ3) is 4.35. The maximum atomic E-state index is 11.6. The summed E-state index contributed by atoms with van der Waals surface area (Å²) in [6.07, 6.45) is 0.102. The van der Waals surface area contributed by atoms with Gasteiger partial charge in [0.1, 0.15) is 0 Å². The maximum absolute atomic E-state index is 11.6. The summed E-state index contributed by atoms with van der Waals surface area (Å²) in [5.74, 6) is -1.05. The van der Waals surface area contributed by atoms with Crippen LogP contribution in [0.5, 0.6) is 0 Å². The molecule has 5 nitrogen and oxygen atoms in total. The Labute approximate surface area is 110 Å². The molecule has 0 aliphatic rings. The summed E-state index contributed by atoms with van der Waals surface area (Å²) in [5, 5.41) is 11.9. The number of carbonyl (C=O) groups excluding carboxylic acids is 2. The summed E-state index contributed by atoms with van der Waals surface area (Å²) in [5.41, 5.74) is 0.762. The number of ether oxygens (including phenoxy) is 1. The average Bonchev–Trinajstić information content (AvgIpc) is 2.37. The lowest BCUT2D eigenvalue weighted by Crippen LogP contribution is -2.44. The van der Waals surface area contributed by atoms with Gasteiger partial charge in [-0.1, -0.05) is 23.7 Å². The Morgan fingerprint density at radius 1 is 1.39 bits per heavy atom. The van der Waals surface area contributed by atoms with Gasteiger partial charge in [0.15, 0.2) is 6.04 Å². The molecule has 0 aliphatic carbocycles. The molecular weight excluding hydrogens is 258 g/mol. The van der Waals surface area contributed by atoms with Crippen LogP contribution in [0.15, 0.2) is 24.3 Å². The first-order valence-electron chi connectivity index (χ1n) is 5.29. The highest BCUT2D eigenvalue weighted by Crippen LogP contribution is 2.09. The number of methoxy groups -OCH3 is 1. The molecular formula is C12H14ClNO4. The molecule has 1 aromatic rings. The third-order valence-corrected chi connectivity index (χ3v) is 2.53. The van der Waals surface area contributed by atoms with Crippen LogP contribution in [0.2, 0.25) is 5.02 Å². The van der Waals surface area contributed by atoms with Crippen LogP contribution in [0.25, 0.3) is 0 Å². The van der Waals surface area contributed by atoms with Gasteiger partial charge in [-0.3, -0.25) is 4.79 Å². The molecule has 0 fully saturated rings. The Balaban J connectivity index is 2.55. The number of halogens is 1. The maximum Gasteiger partial charge on any atom is 0.330 e. The van der Waals surface area contributed by atoms with Gasteiger partial charge in [0.25, 0.3) is 0 Å². The number of nitrogens with one attached hydrogen (secondary N) is 1. The predicted octanol–water partition coefficient (Wildman–Crippen LogP) is 0.533. The van der Waals surface area contributed by atoms with Gasteiger partial charge in [-0.15, -0.1) is 0 Å². The fraction of sp³-hybridized carbons (Fsp3) is 0.333. The van der Waals surface area contributed by atoms with Gasteiger partial charge < -0.3 is 15.2 Å². The fourth-order valence-corrected chi connectivity index (χ4v) is 1.48. The number of esters is 1. The molecule has 0 bridgehead atoms. The fourth-order valence-electron chi connectivity index (χ4n) is 1.35. The van der Waals surface area contributed by atoms with Crippen molar-refractivity contribution in [2.24, 2.45) is 0 Å². The second-order valence-corrected chi connectivity index (χ2v) is 4.07. The summed E-state index contributed by atoms with van der Waals surface area (Å²) in [6.45, 7) is -0.501. The summed E-state index contributed by atoms with van der Waals surface area (Å²) in [6, 6.07) is 5.75. The largest absolute Gasteiger partial charge is 0.467 e. The van der Waals surface area contributed by atoms with Crippen molar-refractivity contribution in [2.75, 3.05) is 13.7 Å². The van der Waals surface area contributed by atoms with Gasteiger partial charge >= 0.3 is 5.97 Å². The lowest BCUT2D eigenvalue weighted by molar-refractivity contribution is -0.146. The predicted molar refractivity (Wildman–Crippen MR) is 66.2 cm³/mol. The van der Waals surface area contributed by atoms with Crippen molar-refractivity contribution in [3.05, 3.63) is 34.9 Å². The van der Waals surface area contributed by atoms with Crippen LogP contribution in [0.3, 0.4) is 0 Å². The highest BCUT2D eigenvalue weighted by Gasteiger charge is 2.20. The quantitative estimate of drug-likeness (QED) is 0.766. The molecule has 0 aliphatic heterocycles. The monoisotopic (exact) mass is 271 g/mol. The lowest BCUT2D eigenvalue weighted by atomic mass is 10.1. The van der Waals surface area contributed by atoms with Crippen molar-refractivity contribution in [1.29, 1.82) is 0 Å². The Kier molecular flexibility index (Phi) is 5.61. The molecule has 2 N–H and O–H groups in total. The molecule has 1 amide bonds. The van der Waals surface area contributed by atoms with Crippen molar-refractivity contribution < 1.29 is 19.4 Å². The molecule has 6 heteroatoms. The van der Waals surface area contributed by atoms with Gasteiger partial charge in [-0.25, -0.2) is 4.79 Å². The summed E-state index contributed by atoms with van der Waals surface area (Å²) in [4.78, 5) is 22.8. The lowest BCUT2D eigenvalue weighted by Gasteiger charge is -2.13. The van der Waals surface area contributed by atoms with E-state index in [4.69, 9.17) is 16.7 Å². The molecule has 18 heavy (non-hydrogen) atoms.